The molecular formula is C22H22N2O2S. The van der Waals surface area contributed by atoms with E-state index in [0.29, 0.717) is 9.75 Å². The molecule has 5 heteroatoms. The number of rotatable bonds is 6. The summed E-state index contributed by atoms with van der Waals surface area (Å²) in [5.74, 6) is -0.349. The third-order valence-corrected chi connectivity index (χ3v) is 5.43. The zero-order valence-corrected chi connectivity index (χ0v) is 16.1. The molecule has 0 fully saturated rings. The molecule has 138 valence electrons. The highest BCUT2D eigenvalue weighted by Gasteiger charge is 2.17. The SMILES string of the molecule is C[C@@H](NC(=O)c1ccc(C(=O)N[C@H](C)c2ccccc2)s1)c1ccccc1. The first-order valence-corrected chi connectivity index (χ1v) is 9.67. The maximum Gasteiger partial charge on any atom is 0.261 e. The maximum atomic E-state index is 12.5. The Hall–Kier alpha value is -2.92. The number of hydrogen-bond acceptors (Lipinski definition) is 3. The first-order valence-electron chi connectivity index (χ1n) is 8.86. The van der Waals surface area contributed by atoms with Crippen LogP contribution in [0.3, 0.4) is 0 Å². The summed E-state index contributed by atoms with van der Waals surface area (Å²) < 4.78 is 0. The van der Waals surface area contributed by atoms with E-state index >= 15 is 0 Å². The quantitative estimate of drug-likeness (QED) is 0.651. The van der Waals surface area contributed by atoms with Gasteiger partial charge in [0.1, 0.15) is 0 Å². The highest BCUT2D eigenvalue weighted by molar-refractivity contribution is 7.15. The molecule has 1 aromatic heterocycles. The second-order valence-corrected chi connectivity index (χ2v) is 7.46. The molecule has 3 rings (SSSR count). The van der Waals surface area contributed by atoms with Crippen LogP contribution in [-0.4, -0.2) is 11.8 Å². The Kier molecular flexibility index (Phi) is 6.04. The first-order chi connectivity index (χ1) is 13.0. The molecule has 4 nitrogen and oxygen atoms in total. The lowest BCUT2D eigenvalue weighted by atomic mass is 10.1. The molecule has 0 aliphatic carbocycles. The van der Waals surface area contributed by atoms with E-state index in [4.69, 9.17) is 0 Å². The summed E-state index contributed by atoms with van der Waals surface area (Å²) in [4.78, 5) is 26.0. The summed E-state index contributed by atoms with van der Waals surface area (Å²) in [6, 6.07) is 22.8. The van der Waals surface area contributed by atoms with Crippen molar-refractivity contribution in [2.45, 2.75) is 25.9 Å². The smallest absolute Gasteiger partial charge is 0.261 e. The van der Waals surface area contributed by atoms with Crippen LogP contribution in [0.25, 0.3) is 0 Å². The van der Waals surface area contributed by atoms with E-state index in [-0.39, 0.29) is 23.9 Å². The van der Waals surface area contributed by atoms with Gasteiger partial charge in [0, 0.05) is 0 Å². The number of hydrogen-bond donors (Lipinski definition) is 2. The van der Waals surface area contributed by atoms with Gasteiger partial charge in [-0.3, -0.25) is 9.59 Å². The molecule has 2 aromatic carbocycles. The molecule has 1 heterocycles. The van der Waals surface area contributed by atoms with Crippen LogP contribution >= 0.6 is 11.3 Å². The Morgan fingerprint density at radius 3 is 1.41 bits per heavy atom. The van der Waals surface area contributed by atoms with Gasteiger partial charge in [0.25, 0.3) is 11.8 Å². The van der Waals surface area contributed by atoms with Crippen molar-refractivity contribution in [3.05, 3.63) is 93.7 Å². The van der Waals surface area contributed by atoms with Gasteiger partial charge in [-0.25, -0.2) is 0 Å². The van der Waals surface area contributed by atoms with Crippen LogP contribution in [-0.2, 0) is 0 Å². The zero-order chi connectivity index (χ0) is 19.2. The van der Waals surface area contributed by atoms with E-state index < -0.39 is 0 Å². The van der Waals surface area contributed by atoms with Crippen LogP contribution in [0.15, 0.2) is 72.8 Å². The predicted octanol–water partition coefficient (Wildman–Crippen LogP) is 4.73. The highest BCUT2D eigenvalue weighted by atomic mass is 32.1. The number of amides is 2. The molecule has 2 atom stereocenters. The molecule has 0 unspecified atom stereocenters. The van der Waals surface area contributed by atoms with Crippen LogP contribution in [0.1, 0.15) is 56.4 Å². The van der Waals surface area contributed by atoms with Gasteiger partial charge in [-0.05, 0) is 37.1 Å². The molecule has 0 aliphatic rings. The van der Waals surface area contributed by atoms with Crippen molar-refractivity contribution in [1.29, 1.82) is 0 Å². The van der Waals surface area contributed by atoms with Gasteiger partial charge in [0.2, 0.25) is 0 Å². The first kappa shape index (κ1) is 18.9. The van der Waals surface area contributed by atoms with Gasteiger partial charge in [-0.1, -0.05) is 60.7 Å². The standard InChI is InChI=1S/C22H22N2O2S/c1-15(17-9-5-3-6-10-17)23-21(25)19-13-14-20(27-19)22(26)24-16(2)18-11-7-4-8-12-18/h3-16H,1-2H3,(H,23,25)(H,24,26)/t15-,16-/m1/s1. The van der Waals surface area contributed by atoms with Crippen LogP contribution in [0.2, 0.25) is 0 Å². The lowest BCUT2D eigenvalue weighted by Gasteiger charge is -2.14. The van der Waals surface area contributed by atoms with E-state index in [2.05, 4.69) is 10.6 Å². The summed E-state index contributed by atoms with van der Waals surface area (Å²) >= 11 is 1.20. The van der Waals surface area contributed by atoms with Crippen LogP contribution in [0.4, 0.5) is 0 Å². The van der Waals surface area contributed by atoms with Crippen LogP contribution in [0, 0.1) is 0 Å². The van der Waals surface area contributed by atoms with Crippen molar-refractivity contribution < 1.29 is 9.59 Å². The molecule has 27 heavy (non-hydrogen) atoms. The molecule has 3 aromatic rings. The molecule has 2 N–H and O–H groups in total. The fraction of sp³-hybridized carbons (Fsp3) is 0.182. The van der Waals surface area contributed by atoms with E-state index in [1.165, 1.54) is 11.3 Å². The normalized spacial score (nSPS) is 12.8. The summed E-state index contributed by atoms with van der Waals surface area (Å²) in [5.41, 5.74) is 2.08. The summed E-state index contributed by atoms with van der Waals surface area (Å²) in [7, 11) is 0. The molecule has 0 saturated heterocycles. The third-order valence-electron chi connectivity index (χ3n) is 4.35. The number of thiophene rings is 1. The van der Waals surface area contributed by atoms with E-state index in [0.717, 1.165) is 11.1 Å². The fourth-order valence-corrected chi connectivity index (χ4v) is 3.58. The monoisotopic (exact) mass is 378 g/mol. The second-order valence-electron chi connectivity index (χ2n) is 6.38. The topological polar surface area (TPSA) is 58.2 Å². The minimum atomic E-state index is -0.175. The second kappa shape index (κ2) is 8.64. The fourth-order valence-electron chi connectivity index (χ4n) is 2.77. The molecule has 0 bridgehead atoms. The predicted molar refractivity (Wildman–Crippen MR) is 109 cm³/mol. The van der Waals surface area contributed by atoms with Crippen molar-refractivity contribution >= 4 is 23.2 Å². The van der Waals surface area contributed by atoms with Crippen LogP contribution in [0.5, 0.6) is 0 Å². The lowest BCUT2D eigenvalue weighted by Crippen LogP contribution is -2.26. The Labute approximate surface area is 163 Å². The van der Waals surface area contributed by atoms with Gasteiger partial charge >= 0.3 is 0 Å². The molecule has 2 amide bonds. The van der Waals surface area contributed by atoms with Crippen molar-refractivity contribution in [3.63, 3.8) is 0 Å². The van der Waals surface area contributed by atoms with Gasteiger partial charge < -0.3 is 10.6 Å². The van der Waals surface area contributed by atoms with Crippen LogP contribution < -0.4 is 10.6 Å². The molecule has 0 aliphatic heterocycles. The number of carbonyl (C=O) groups excluding carboxylic acids is 2. The van der Waals surface area contributed by atoms with Crippen molar-refractivity contribution in [3.8, 4) is 0 Å². The van der Waals surface area contributed by atoms with Gasteiger partial charge in [-0.2, -0.15) is 0 Å². The Balaban J connectivity index is 1.62. The number of nitrogens with one attached hydrogen (secondary N) is 2. The van der Waals surface area contributed by atoms with Crippen molar-refractivity contribution in [2.75, 3.05) is 0 Å². The van der Waals surface area contributed by atoms with E-state index in [1.807, 2.05) is 74.5 Å². The largest absolute Gasteiger partial charge is 0.345 e. The zero-order valence-electron chi connectivity index (χ0n) is 15.3. The van der Waals surface area contributed by atoms with Crippen molar-refractivity contribution in [2.24, 2.45) is 0 Å². The lowest BCUT2D eigenvalue weighted by molar-refractivity contribution is 0.0937. The van der Waals surface area contributed by atoms with Gasteiger partial charge in [0.15, 0.2) is 0 Å². The van der Waals surface area contributed by atoms with Crippen molar-refractivity contribution in [1.82, 2.24) is 10.6 Å². The highest BCUT2D eigenvalue weighted by Crippen LogP contribution is 2.20. The molecule has 0 radical (unpaired) electrons. The Morgan fingerprint density at radius 1 is 0.667 bits per heavy atom. The minimum absolute atomic E-state index is 0.101. The van der Waals surface area contributed by atoms with E-state index in [9.17, 15) is 9.59 Å². The summed E-state index contributed by atoms with van der Waals surface area (Å²) in [6.45, 7) is 3.88. The molecule has 0 saturated carbocycles. The Morgan fingerprint density at radius 2 is 1.04 bits per heavy atom. The summed E-state index contributed by atoms with van der Waals surface area (Å²) in [6.07, 6.45) is 0. The minimum Gasteiger partial charge on any atom is -0.345 e. The van der Waals surface area contributed by atoms with Gasteiger partial charge in [0.05, 0.1) is 21.8 Å². The summed E-state index contributed by atoms with van der Waals surface area (Å²) in [5, 5.41) is 5.94. The Bertz CT molecular complexity index is 832. The number of benzene rings is 2. The number of carbonyl (C=O) groups is 2. The third kappa shape index (κ3) is 4.83. The average Bonchev–Trinajstić information content (AvgIpc) is 3.20. The van der Waals surface area contributed by atoms with Gasteiger partial charge in [-0.15, -0.1) is 11.3 Å². The maximum absolute atomic E-state index is 12.5. The van der Waals surface area contributed by atoms with E-state index in [1.54, 1.807) is 12.1 Å². The molecular weight excluding hydrogens is 356 g/mol. The molecule has 0 spiro atoms. The average molecular weight is 378 g/mol.